The average Bonchev–Trinajstić information content (AvgIpc) is 2.51. The standard InChI is InChI=1S/C18H17FN2/c1-12-7-8-14(10-16(12)19)18(20-2)15-9-13-5-3-4-6-17(13)21-11-15/h3-11,18,20H,1-2H3. The largest absolute Gasteiger partial charge is 0.309 e. The lowest BCUT2D eigenvalue weighted by Crippen LogP contribution is -2.18. The molecule has 2 aromatic carbocycles. The molecule has 3 aromatic rings. The molecule has 0 aliphatic rings. The SMILES string of the molecule is CNC(c1ccc(C)c(F)c1)c1cnc2ccccc2c1. The topological polar surface area (TPSA) is 24.9 Å². The predicted molar refractivity (Wildman–Crippen MR) is 83.8 cm³/mol. The van der Waals surface area contributed by atoms with Gasteiger partial charge in [-0.2, -0.15) is 0 Å². The van der Waals surface area contributed by atoms with Crippen LogP contribution in [0.1, 0.15) is 22.7 Å². The van der Waals surface area contributed by atoms with E-state index in [1.807, 2.05) is 49.6 Å². The Morgan fingerprint density at radius 1 is 1.05 bits per heavy atom. The maximum atomic E-state index is 13.8. The van der Waals surface area contributed by atoms with Crippen molar-refractivity contribution in [1.29, 1.82) is 0 Å². The van der Waals surface area contributed by atoms with E-state index in [2.05, 4.69) is 16.4 Å². The summed E-state index contributed by atoms with van der Waals surface area (Å²) in [4.78, 5) is 4.48. The third-order valence-corrected chi connectivity index (χ3v) is 3.76. The highest BCUT2D eigenvalue weighted by Gasteiger charge is 2.14. The number of pyridine rings is 1. The van der Waals surface area contributed by atoms with Crippen LogP contribution in [0, 0.1) is 12.7 Å². The van der Waals surface area contributed by atoms with E-state index >= 15 is 0 Å². The van der Waals surface area contributed by atoms with Crippen molar-refractivity contribution >= 4 is 10.9 Å². The number of nitrogens with zero attached hydrogens (tertiary/aromatic N) is 1. The summed E-state index contributed by atoms with van der Waals surface area (Å²) in [6, 6.07) is 15.4. The number of para-hydroxylation sites is 1. The molecule has 21 heavy (non-hydrogen) atoms. The minimum atomic E-state index is -0.179. The van der Waals surface area contributed by atoms with E-state index in [1.165, 1.54) is 0 Å². The Morgan fingerprint density at radius 3 is 2.62 bits per heavy atom. The van der Waals surface area contributed by atoms with E-state index in [9.17, 15) is 4.39 Å². The fraction of sp³-hybridized carbons (Fsp3) is 0.167. The molecule has 0 fully saturated rings. The van der Waals surface area contributed by atoms with Crippen molar-refractivity contribution in [2.24, 2.45) is 0 Å². The Labute approximate surface area is 123 Å². The molecule has 1 heterocycles. The van der Waals surface area contributed by atoms with Crippen molar-refractivity contribution in [3.05, 3.63) is 77.2 Å². The van der Waals surface area contributed by atoms with Crippen LogP contribution >= 0.6 is 0 Å². The summed E-state index contributed by atoms with van der Waals surface area (Å²) in [6.45, 7) is 1.77. The number of halogens is 1. The van der Waals surface area contributed by atoms with E-state index in [1.54, 1.807) is 13.0 Å². The second kappa shape index (κ2) is 5.62. The Balaban J connectivity index is 2.06. The molecule has 3 heteroatoms. The molecule has 1 N–H and O–H groups in total. The van der Waals surface area contributed by atoms with Gasteiger partial charge in [-0.3, -0.25) is 4.98 Å². The first-order valence-electron chi connectivity index (χ1n) is 6.97. The van der Waals surface area contributed by atoms with Gasteiger partial charge < -0.3 is 5.32 Å². The van der Waals surface area contributed by atoms with Crippen LogP contribution in [-0.2, 0) is 0 Å². The summed E-state index contributed by atoms with van der Waals surface area (Å²) in [5.74, 6) is -0.179. The number of rotatable bonds is 3. The third kappa shape index (κ3) is 2.65. The summed E-state index contributed by atoms with van der Waals surface area (Å²) >= 11 is 0. The highest BCUT2D eigenvalue weighted by molar-refractivity contribution is 5.79. The van der Waals surface area contributed by atoms with Gasteiger partial charge in [0.25, 0.3) is 0 Å². The van der Waals surface area contributed by atoms with E-state index in [4.69, 9.17) is 0 Å². The van der Waals surface area contributed by atoms with Gasteiger partial charge in [-0.25, -0.2) is 4.39 Å². The van der Waals surface area contributed by atoms with Crippen LogP contribution in [0.4, 0.5) is 4.39 Å². The third-order valence-electron chi connectivity index (χ3n) is 3.76. The van der Waals surface area contributed by atoms with Gasteiger partial charge in [0.15, 0.2) is 0 Å². The molecule has 1 aromatic heterocycles. The summed E-state index contributed by atoms with van der Waals surface area (Å²) < 4.78 is 13.8. The zero-order chi connectivity index (χ0) is 14.8. The second-order valence-electron chi connectivity index (χ2n) is 5.19. The van der Waals surface area contributed by atoms with Crippen LogP contribution in [0.2, 0.25) is 0 Å². The number of aryl methyl sites for hydroxylation is 1. The molecular formula is C18H17FN2. The zero-order valence-electron chi connectivity index (χ0n) is 12.1. The lowest BCUT2D eigenvalue weighted by molar-refractivity contribution is 0.608. The van der Waals surface area contributed by atoms with Gasteiger partial charge in [0.1, 0.15) is 5.82 Å². The molecule has 0 saturated heterocycles. The lowest BCUT2D eigenvalue weighted by Gasteiger charge is -2.18. The van der Waals surface area contributed by atoms with Crippen LogP contribution < -0.4 is 5.32 Å². The van der Waals surface area contributed by atoms with Crippen molar-refractivity contribution in [2.75, 3.05) is 7.05 Å². The summed E-state index contributed by atoms with van der Waals surface area (Å²) in [7, 11) is 1.87. The fourth-order valence-electron chi connectivity index (χ4n) is 2.56. The molecular weight excluding hydrogens is 263 g/mol. The zero-order valence-corrected chi connectivity index (χ0v) is 12.1. The van der Waals surface area contributed by atoms with Crippen LogP contribution in [-0.4, -0.2) is 12.0 Å². The molecule has 2 nitrogen and oxygen atoms in total. The molecule has 3 rings (SSSR count). The Morgan fingerprint density at radius 2 is 1.86 bits per heavy atom. The molecule has 0 bridgehead atoms. The predicted octanol–water partition coefficient (Wildman–Crippen LogP) is 3.99. The number of benzene rings is 2. The average molecular weight is 280 g/mol. The van der Waals surface area contributed by atoms with Gasteiger partial charge in [-0.05, 0) is 48.9 Å². The maximum absolute atomic E-state index is 13.8. The first-order chi connectivity index (χ1) is 10.2. The van der Waals surface area contributed by atoms with E-state index < -0.39 is 0 Å². The fourth-order valence-corrected chi connectivity index (χ4v) is 2.56. The molecule has 0 radical (unpaired) electrons. The maximum Gasteiger partial charge on any atom is 0.126 e. The van der Waals surface area contributed by atoms with E-state index in [-0.39, 0.29) is 11.9 Å². The Hall–Kier alpha value is -2.26. The van der Waals surface area contributed by atoms with Gasteiger partial charge in [0.05, 0.1) is 11.6 Å². The minimum Gasteiger partial charge on any atom is -0.309 e. The van der Waals surface area contributed by atoms with E-state index in [0.29, 0.717) is 5.56 Å². The molecule has 0 saturated carbocycles. The minimum absolute atomic E-state index is 0.0720. The van der Waals surface area contributed by atoms with E-state index in [0.717, 1.165) is 22.0 Å². The highest BCUT2D eigenvalue weighted by atomic mass is 19.1. The van der Waals surface area contributed by atoms with Crippen LogP contribution in [0.15, 0.2) is 54.7 Å². The number of hydrogen-bond donors (Lipinski definition) is 1. The lowest BCUT2D eigenvalue weighted by atomic mass is 9.98. The van der Waals surface area contributed by atoms with Crippen molar-refractivity contribution in [2.45, 2.75) is 13.0 Å². The number of aromatic nitrogens is 1. The number of hydrogen-bond acceptors (Lipinski definition) is 2. The smallest absolute Gasteiger partial charge is 0.126 e. The van der Waals surface area contributed by atoms with Crippen molar-refractivity contribution < 1.29 is 4.39 Å². The first kappa shape index (κ1) is 13.7. The van der Waals surface area contributed by atoms with Crippen molar-refractivity contribution in [3.8, 4) is 0 Å². The van der Waals surface area contributed by atoms with Gasteiger partial charge in [-0.15, -0.1) is 0 Å². The van der Waals surface area contributed by atoms with Crippen LogP contribution in [0.5, 0.6) is 0 Å². The molecule has 0 spiro atoms. The van der Waals surface area contributed by atoms with Crippen LogP contribution in [0.3, 0.4) is 0 Å². The molecule has 0 aliphatic carbocycles. The van der Waals surface area contributed by atoms with Gasteiger partial charge in [0.2, 0.25) is 0 Å². The molecule has 1 atom stereocenters. The summed E-state index contributed by atoms with van der Waals surface area (Å²) in [5.41, 5.74) is 3.55. The highest BCUT2D eigenvalue weighted by Crippen LogP contribution is 2.25. The number of nitrogens with one attached hydrogen (secondary N) is 1. The summed E-state index contributed by atoms with van der Waals surface area (Å²) in [5, 5.41) is 4.33. The quantitative estimate of drug-likeness (QED) is 0.784. The molecule has 1 unspecified atom stereocenters. The molecule has 106 valence electrons. The van der Waals surface area contributed by atoms with Gasteiger partial charge in [-0.1, -0.05) is 30.3 Å². The molecule has 0 aliphatic heterocycles. The van der Waals surface area contributed by atoms with Crippen molar-refractivity contribution in [3.63, 3.8) is 0 Å². The van der Waals surface area contributed by atoms with Crippen LogP contribution in [0.25, 0.3) is 10.9 Å². The Bertz CT molecular complexity index is 783. The van der Waals surface area contributed by atoms with Gasteiger partial charge >= 0.3 is 0 Å². The van der Waals surface area contributed by atoms with Gasteiger partial charge in [0, 0.05) is 11.6 Å². The monoisotopic (exact) mass is 280 g/mol. The Kier molecular flexibility index (Phi) is 3.67. The second-order valence-corrected chi connectivity index (χ2v) is 5.19. The molecule has 0 amide bonds. The normalized spacial score (nSPS) is 12.5. The van der Waals surface area contributed by atoms with Crippen molar-refractivity contribution in [1.82, 2.24) is 10.3 Å². The first-order valence-corrected chi connectivity index (χ1v) is 6.97. The summed E-state index contributed by atoms with van der Waals surface area (Å²) in [6.07, 6.45) is 1.85. The number of fused-ring (bicyclic) bond motifs is 1.